The lowest BCUT2D eigenvalue weighted by molar-refractivity contribution is -0.113. The molecule has 0 aliphatic rings. The van der Waals surface area contributed by atoms with Gasteiger partial charge in [-0.25, -0.2) is 13.8 Å². The van der Waals surface area contributed by atoms with Crippen LogP contribution < -0.4 is 10.9 Å². The molecule has 0 atom stereocenters. The van der Waals surface area contributed by atoms with E-state index in [1.807, 2.05) is 12.1 Å². The molecule has 9 heteroatoms. The first kappa shape index (κ1) is 21.0. The number of H-pyrrole nitrogens is 1. The number of aromatic nitrogens is 2. The predicted molar refractivity (Wildman–Crippen MR) is 110 cm³/mol. The fourth-order valence-corrected chi connectivity index (χ4v) is 3.43. The number of nitrogens with one attached hydrogen (secondary N) is 2. The van der Waals surface area contributed by atoms with Gasteiger partial charge in [0.1, 0.15) is 17.3 Å². The highest BCUT2D eigenvalue weighted by Gasteiger charge is 2.14. The Labute approximate surface area is 174 Å². The number of thioether (sulfide) groups is 1. The summed E-state index contributed by atoms with van der Waals surface area (Å²) in [6.07, 6.45) is 0.392. The fraction of sp³-hybridized carbons (Fsp3) is 0.150. The van der Waals surface area contributed by atoms with E-state index in [1.165, 1.54) is 6.07 Å². The van der Waals surface area contributed by atoms with Gasteiger partial charge in [0.05, 0.1) is 5.75 Å². The van der Waals surface area contributed by atoms with Gasteiger partial charge >= 0.3 is 0 Å². The molecule has 1 amide bonds. The molecular weight excluding hydrogens is 420 g/mol. The minimum Gasteiger partial charge on any atom is -0.320 e. The van der Waals surface area contributed by atoms with Crippen molar-refractivity contribution in [2.24, 2.45) is 0 Å². The number of nitrogens with zero attached hydrogens (tertiary/aromatic N) is 1. The molecule has 0 unspecified atom stereocenters. The van der Waals surface area contributed by atoms with Crippen LogP contribution in [-0.2, 0) is 11.2 Å². The van der Waals surface area contributed by atoms with Crippen LogP contribution in [0.4, 0.5) is 14.5 Å². The Balaban J connectivity index is 1.66. The van der Waals surface area contributed by atoms with Gasteiger partial charge in [-0.15, -0.1) is 0 Å². The largest absolute Gasteiger partial charge is 0.320 e. The lowest BCUT2D eigenvalue weighted by Crippen LogP contribution is -2.19. The maximum absolute atomic E-state index is 13.6. The number of halogens is 3. The number of aryl methyl sites for hydroxylation is 1. The third-order valence-electron chi connectivity index (χ3n) is 4.06. The lowest BCUT2D eigenvalue weighted by atomic mass is 10.1. The molecule has 1 aromatic heterocycles. The number of carbonyl (C=O) groups is 1. The van der Waals surface area contributed by atoms with Crippen LogP contribution in [0.3, 0.4) is 0 Å². The first-order valence-electron chi connectivity index (χ1n) is 8.54. The summed E-state index contributed by atoms with van der Waals surface area (Å²) in [5, 5.41) is 3.04. The van der Waals surface area contributed by atoms with Crippen molar-refractivity contribution in [2.45, 2.75) is 18.5 Å². The molecule has 29 heavy (non-hydrogen) atoms. The smallest absolute Gasteiger partial charge is 0.255 e. The van der Waals surface area contributed by atoms with Crippen molar-refractivity contribution >= 4 is 35.0 Å². The number of aromatic amines is 1. The van der Waals surface area contributed by atoms with Crippen molar-refractivity contribution in [2.75, 3.05) is 11.1 Å². The van der Waals surface area contributed by atoms with E-state index in [-0.39, 0.29) is 16.5 Å². The van der Waals surface area contributed by atoms with Gasteiger partial charge in [-0.3, -0.25) is 9.59 Å². The Morgan fingerprint density at radius 2 is 1.83 bits per heavy atom. The van der Waals surface area contributed by atoms with Crippen molar-refractivity contribution < 1.29 is 13.6 Å². The molecule has 0 saturated carbocycles. The van der Waals surface area contributed by atoms with Gasteiger partial charge in [-0.2, -0.15) is 0 Å². The molecule has 150 valence electrons. The third kappa shape index (κ3) is 5.42. The van der Waals surface area contributed by atoms with Crippen molar-refractivity contribution in [3.8, 4) is 0 Å². The van der Waals surface area contributed by atoms with Crippen LogP contribution >= 0.6 is 23.4 Å². The fourth-order valence-electron chi connectivity index (χ4n) is 2.59. The first-order chi connectivity index (χ1) is 13.8. The van der Waals surface area contributed by atoms with Gasteiger partial charge < -0.3 is 10.3 Å². The van der Waals surface area contributed by atoms with Gasteiger partial charge in [-0.05, 0) is 36.8 Å². The molecule has 0 saturated heterocycles. The highest BCUT2D eigenvalue weighted by Crippen LogP contribution is 2.20. The number of benzene rings is 2. The molecule has 2 N–H and O–H groups in total. The lowest BCUT2D eigenvalue weighted by Gasteiger charge is -2.09. The number of hydrogen-bond donors (Lipinski definition) is 2. The summed E-state index contributed by atoms with van der Waals surface area (Å²) < 4.78 is 27.2. The molecule has 2 aromatic carbocycles. The Morgan fingerprint density at radius 1 is 1.17 bits per heavy atom. The maximum Gasteiger partial charge on any atom is 0.255 e. The van der Waals surface area contributed by atoms with E-state index in [1.54, 1.807) is 19.1 Å². The molecule has 0 bridgehead atoms. The summed E-state index contributed by atoms with van der Waals surface area (Å²) in [7, 11) is 0. The van der Waals surface area contributed by atoms with Crippen LogP contribution in [0.2, 0.25) is 5.02 Å². The van der Waals surface area contributed by atoms with E-state index in [0.29, 0.717) is 22.7 Å². The minimum atomic E-state index is -0.864. The van der Waals surface area contributed by atoms with Crippen LogP contribution in [-0.4, -0.2) is 21.6 Å². The Bertz CT molecular complexity index is 1080. The number of para-hydroxylation sites is 1. The quantitative estimate of drug-likeness (QED) is 0.446. The number of rotatable bonds is 6. The number of hydrogen-bond acceptors (Lipinski definition) is 4. The maximum atomic E-state index is 13.6. The average molecular weight is 436 g/mol. The van der Waals surface area contributed by atoms with Crippen LogP contribution in [0.1, 0.15) is 16.8 Å². The highest BCUT2D eigenvalue weighted by molar-refractivity contribution is 7.99. The van der Waals surface area contributed by atoms with E-state index in [4.69, 9.17) is 11.6 Å². The summed E-state index contributed by atoms with van der Waals surface area (Å²) >= 11 is 6.83. The molecule has 1 heterocycles. The normalized spacial score (nSPS) is 10.8. The number of carbonyl (C=O) groups excluding carboxylic acids is 1. The van der Waals surface area contributed by atoms with Gasteiger partial charge in [0.15, 0.2) is 5.16 Å². The van der Waals surface area contributed by atoms with Crippen LogP contribution in [0.25, 0.3) is 0 Å². The molecular formula is C20H16ClF2N3O2S. The van der Waals surface area contributed by atoms with E-state index in [2.05, 4.69) is 15.3 Å². The zero-order chi connectivity index (χ0) is 21.0. The Kier molecular flexibility index (Phi) is 6.66. The van der Waals surface area contributed by atoms with E-state index in [9.17, 15) is 18.4 Å². The van der Waals surface area contributed by atoms with Gasteiger partial charge in [-0.1, -0.05) is 41.6 Å². The Hall–Kier alpha value is -2.71. The summed E-state index contributed by atoms with van der Waals surface area (Å²) in [5.74, 6) is -2.52. The molecule has 3 rings (SSSR count). The Morgan fingerprint density at radius 3 is 2.45 bits per heavy atom. The highest BCUT2D eigenvalue weighted by atomic mass is 35.5. The first-order valence-corrected chi connectivity index (χ1v) is 9.90. The van der Waals surface area contributed by atoms with E-state index < -0.39 is 23.2 Å². The van der Waals surface area contributed by atoms with Crippen molar-refractivity contribution in [3.63, 3.8) is 0 Å². The standard InChI is InChI=1S/C20H16ClF2N3O2S/c1-11-14(9-12-5-7-13(21)8-6-12)19(28)26-20(24-11)29-10-17(27)25-18-15(22)3-2-4-16(18)23/h2-8H,9-10H2,1H3,(H,25,27)(H,24,26,28). The zero-order valence-corrected chi connectivity index (χ0v) is 16.8. The summed E-state index contributed by atoms with van der Waals surface area (Å²) in [4.78, 5) is 31.4. The summed E-state index contributed by atoms with van der Waals surface area (Å²) in [6, 6.07) is 10.5. The second-order valence-electron chi connectivity index (χ2n) is 6.17. The van der Waals surface area contributed by atoms with Gasteiger partial charge in [0.25, 0.3) is 5.56 Å². The predicted octanol–water partition coefficient (Wildman–Crippen LogP) is 4.33. The van der Waals surface area contributed by atoms with Gasteiger partial charge in [0.2, 0.25) is 5.91 Å². The van der Waals surface area contributed by atoms with Gasteiger partial charge in [0, 0.05) is 22.7 Å². The number of anilines is 1. The van der Waals surface area contributed by atoms with Crippen molar-refractivity contribution in [3.05, 3.63) is 86.3 Å². The van der Waals surface area contributed by atoms with Crippen LogP contribution in [0.15, 0.2) is 52.4 Å². The SMILES string of the molecule is Cc1nc(SCC(=O)Nc2c(F)cccc2F)[nH]c(=O)c1Cc1ccc(Cl)cc1. The summed E-state index contributed by atoms with van der Waals surface area (Å²) in [5.41, 5.74) is 1.14. The minimum absolute atomic E-state index is 0.174. The molecule has 5 nitrogen and oxygen atoms in total. The second-order valence-corrected chi connectivity index (χ2v) is 7.57. The number of amides is 1. The van der Waals surface area contributed by atoms with E-state index in [0.717, 1.165) is 29.5 Å². The average Bonchev–Trinajstić information content (AvgIpc) is 2.67. The molecule has 0 radical (unpaired) electrons. The monoisotopic (exact) mass is 435 g/mol. The van der Waals surface area contributed by atoms with E-state index >= 15 is 0 Å². The van der Waals surface area contributed by atoms with Crippen LogP contribution in [0.5, 0.6) is 0 Å². The van der Waals surface area contributed by atoms with Crippen molar-refractivity contribution in [1.82, 2.24) is 9.97 Å². The molecule has 0 spiro atoms. The molecule has 3 aromatic rings. The topological polar surface area (TPSA) is 74.8 Å². The second kappa shape index (κ2) is 9.19. The summed E-state index contributed by atoms with van der Waals surface area (Å²) in [6.45, 7) is 1.71. The van der Waals surface area contributed by atoms with Crippen molar-refractivity contribution in [1.29, 1.82) is 0 Å². The molecule has 0 aliphatic carbocycles. The van der Waals surface area contributed by atoms with Crippen LogP contribution in [0, 0.1) is 18.6 Å². The zero-order valence-electron chi connectivity index (χ0n) is 15.3. The molecule has 0 aliphatic heterocycles. The molecule has 0 fully saturated rings. The third-order valence-corrected chi connectivity index (χ3v) is 5.19.